The zero-order valence-electron chi connectivity index (χ0n) is 12.6. The first-order valence-corrected chi connectivity index (χ1v) is 7.58. The van der Waals surface area contributed by atoms with Crippen molar-refractivity contribution in [1.82, 2.24) is 4.90 Å². The lowest BCUT2D eigenvalue weighted by molar-refractivity contribution is -0.130. The highest BCUT2D eigenvalue weighted by Gasteiger charge is 2.36. The molecule has 1 fully saturated rings. The van der Waals surface area contributed by atoms with Crippen molar-refractivity contribution in [3.05, 3.63) is 42.0 Å². The van der Waals surface area contributed by atoms with Crippen LogP contribution >= 0.6 is 0 Å². The molecule has 1 heterocycles. The molecule has 5 heteroatoms. The molecule has 1 atom stereocenters. The molecule has 1 aliphatic heterocycles. The first-order chi connectivity index (χ1) is 10.4. The summed E-state index contributed by atoms with van der Waals surface area (Å²) in [6.45, 7) is 2.50. The van der Waals surface area contributed by atoms with Crippen molar-refractivity contribution in [2.24, 2.45) is 0 Å². The second kappa shape index (κ2) is 6.99. The number of likely N-dealkylation sites (tertiary alicyclic amines) is 1. The van der Waals surface area contributed by atoms with Crippen LogP contribution < -0.4 is 0 Å². The minimum Gasteiger partial charge on any atom is -0.336 e. The third kappa shape index (κ3) is 3.90. The predicted octanol–water partition coefficient (Wildman–Crippen LogP) is 4.42. The summed E-state index contributed by atoms with van der Waals surface area (Å²) in [5, 5.41) is 0. The van der Waals surface area contributed by atoms with E-state index < -0.39 is 17.7 Å². The van der Waals surface area contributed by atoms with E-state index in [1.165, 1.54) is 24.3 Å². The van der Waals surface area contributed by atoms with E-state index in [1.54, 1.807) is 11.0 Å². The number of piperidine rings is 1. The van der Waals surface area contributed by atoms with E-state index in [0.717, 1.165) is 31.8 Å². The van der Waals surface area contributed by atoms with E-state index in [-0.39, 0.29) is 11.6 Å². The Morgan fingerprint density at radius 3 is 2.55 bits per heavy atom. The van der Waals surface area contributed by atoms with E-state index in [2.05, 4.69) is 0 Å². The molecule has 0 aromatic heterocycles. The summed E-state index contributed by atoms with van der Waals surface area (Å²) in [5.74, 6) is -0.539. The number of amides is 1. The van der Waals surface area contributed by atoms with Gasteiger partial charge in [-0.15, -0.1) is 0 Å². The number of benzene rings is 1. The average Bonchev–Trinajstić information content (AvgIpc) is 2.52. The largest absolute Gasteiger partial charge is 0.417 e. The van der Waals surface area contributed by atoms with E-state index in [9.17, 15) is 18.0 Å². The fourth-order valence-electron chi connectivity index (χ4n) is 2.87. The molecule has 120 valence electrons. The van der Waals surface area contributed by atoms with Gasteiger partial charge in [-0.2, -0.15) is 13.2 Å². The summed E-state index contributed by atoms with van der Waals surface area (Å²) in [4.78, 5) is 13.9. The topological polar surface area (TPSA) is 20.3 Å². The fraction of sp³-hybridized carbons (Fsp3) is 0.471. The maximum Gasteiger partial charge on any atom is 0.417 e. The van der Waals surface area contributed by atoms with Gasteiger partial charge >= 0.3 is 6.18 Å². The molecule has 0 radical (unpaired) electrons. The Kier molecular flexibility index (Phi) is 5.27. The molecule has 2 rings (SSSR count). The van der Waals surface area contributed by atoms with Gasteiger partial charge in [0, 0.05) is 18.7 Å². The van der Waals surface area contributed by atoms with Gasteiger partial charge in [0.15, 0.2) is 0 Å². The lowest BCUT2D eigenvalue weighted by Crippen LogP contribution is -2.42. The van der Waals surface area contributed by atoms with Gasteiger partial charge in [0.25, 0.3) is 0 Å². The third-order valence-electron chi connectivity index (χ3n) is 4.04. The number of rotatable bonds is 3. The summed E-state index contributed by atoms with van der Waals surface area (Å²) < 4.78 is 39.8. The molecule has 1 aromatic carbocycles. The maximum atomic E-state index is 13.3. The van der Waals surface area contributed by atoms with Crippen LogP contribution in [0, 0.1) is 0 Å². The van der Waals surface area contributed by atoms with Crippen LogP contribution in [0.4, 0.5) is 13.2 Å². The molecule has 22 heavy (non-hydrogen) atoms. The van der Waals surface area contributed by atoms with Gasteiger partial charge in [0.1, 0.15) is 0 Å². The van der Waals surface area contributed by atoms with Crippen molar-refractivity contribution >= 4 is 11.5 Å². The van der Waals surface area contributed by atoms with Crippen molar-refractivity contribution in [3.8, 4) is 0 Å². The first-order valence-electron chi connectivity index (χ1n) is 7.58. The number of nitrogens with zero attached hydrogens (tertiary/aromatic N) is 1. The van der Waals surface area contributed by atoms with Crippen molar-refractivity contribution < 1.29 is 18.0 Å². The normalized spacial score (nSPS) is 20.1. The summed E-state index contributed by atoms with van der Waals surface area (Å²) in [6, 6.07) is 7.52. The van der Waals surface area contributed by atoms with Gasteiger partial charge in [0.05, 0.1) is 5.57 Å². The molecule has 1 saturated heterocycles. The number of alkyl halides is 3. The van der Waals surface area contributed by atoms with Gasteiger partial charge in [-0.3, -0.25) is 4.79 Å². The Bertz CT molecular complexity index is 537. The van der Waals surface area contributed by atoms with Gasteiger partial charge in [-0.25, -0.2) is 0 Å². The van der Waals surface area contributed by atoms with Crippen LogP contribution in [0.2, 0.25) is 0 Å². The molecule has 1 aliphatic rings. The van der Waals surface area contributed by atoms with Crippen LogP contribution in [0.15, 0.2) is 36.4 Å². The van der Waals surface area contributed by atoms with E-state index in [1.807, 2.05) is 6.92 Å². The number of hydrogen-bond donors (Lipinski definition) is 0. The minimum atomic E-state index is -4.55. The van der Waals surface area contributed by atoms with Crippen LogP contribution in [-0.2, 0) is 4.79 Å². The highest BCUT2D eigenvalue weighted by atomic mass is 19.4. The Hall–Kier alpha value is -1.78. The zero-order valence-corrected chi connectivity index (χ0v) is 12.6. The quantitative estimate of drug-likeness (QED) is 0.757. The Morgan fingerprint density at radius 2 is 1.95 bits per heavy atom. The van der Waals surface area contributed by atoms with E-state index in [0.29, 0.717) is 6.54 Å². The Balaban J connectivity index is 2.31. The molecule has 0 spiro atoms. The lowest BCUT2D eigenvalue weighted by atomic mass is 9.99. The maximum absolute atomic E-state index is 13.3. The number of halogens is 3. The third-order valence-corrected chi connectivity index (χ3v) is 4.04. The van der Waals surface area contributed by atoms with Crippen LogP contribution in [-0.4, -0.2) is 29.6 Å². The van der Waals surface area contributed by atoms with E-state index >= 15 is 0 Å². The van der Waals surface area contributed by atoms with Gasteiger partial charge in [-0.1, -0.05) is 37.3 Å². The number of allylic oxidation sites excluding steroid dienone is 1. The molecule has 0 aliphatic carbocycles. The average molecular weight is 311 g/mol. The van der Waals surface area contributed by atoms with Crippen LogP contribution in [0.1, 0.15) is 38.2 Å². The number of hydrogen-bond acceptors (Lipinski definition) is 1. The van der Waals surface area contributed by atoms with Crippen LogP contribution in [0.5, 0.6) is 0 Å². The predicted molar refractivity (Wildman–Crippen MR) is 80.1 cm³/mol. The van der Waals surface area contributed by atoms with Gasteiger partial charge in [0.2, 0.25) is 5.91 Å². The molecule has 0 bridgehead atoms. The van der Waals surface area contributed by atoms with Crippen LogP contribution in [0.25, 0.3) is 5.57 Å². The molecule has 0 saturated carbocycles. The van der Waals surface area contributed by atoms with Gasteiger partial charge in [-0.05, 0) is 31.2 Å². The second-order valence-electron chi connectivity index (χ2n) is 5.51. The second-order valence-corrected chi connectivity index (χ2v) is 5.51. The smallest absolute Gasteiger partial charge is 0.336 e. The molecule has 1 unspecified atom stereocenters. The molecule has 1 amide bonds. The standard InChI is InChI=1S/C17H20F3NO/c1-2-14-10-6-7-11-21(14)16(22)12-15(17(18,19)20)13-8-4-3-5-9-13/h3-5,8-9,12,14H,2,6-7,10-11H2,1H3/b15-12-. The van der Waals surface area contributed by atoms with Crippen molar-refractivity contribution in [2.75, 3.05) is 6.54 Å². The fourth-order valence-corrected chi connectivity index (χ4v) is 2.87. The summed E-state index contributed by atoms with van der Waals surface area (Å²) in [6.07, 6.45) is -0.285. The molecular weight excluding hydrogens is 291 g/mol. The molecular formula is C17H20F3NO. The van der Waals surface area contributed by atoms with Crippen molar-refractivity contribution in [2.45, 2.75) is 44.8 Å². The highest BCUT2D eigenvalue weighted by molar-refractivity contribution is 5.96. The lowest BCUT2D eigenvalue weighted by Gasteiger charge is -2.34. The van der Waals surface area contributed by atoms with Crippen LogP contribution in [0.3, 0.4) is 0 Å². The van der Waals surface area contributed by atoms with Gasteiger partial charge < -0.3 is 4.90 Å². The Labute approximate surface area is 128 Å². The number of carbonyl (C=O) groups is 1. The minimum absolute atomic E-state index is 0.0217. The van der Waals surface area contributed by atoms with Crippen molar-refractivity contribution in [1.29, 1.82) is 0 Å². The Morgan fingerprint density at radius 1 is 1.27 bits per heavy atom. The monoisotopic (exact) mass is 311 g/mol. The molecule has 1 aromatic rings. The molecule has 0 N–H and O–H groups in total. The van der Waals surface area contributed by atoms with E-state index in [4.69, 9.17) is 0 Å². The number of carbonyl (C=O) groups excluding carboxylic acids is 1. The van der Waals surface area contributed by atoms with Crippen molar-refractivity contribution in [3.63, 3.8) is 0 Å². The first kappa shape index (κ1) is 16.6. The highest BCUT2D eigenvalue weighted by Crippen LogP contribution is 2.34. The summed E-state index contributed by atoms with van der Waals surface area (Å²) >= 11 is 0. The zero-order chi connectivity index (χ0) is 16.2. The summed E-state index contributed by atoms with van der Waals surface area (Å²) in [5.41, 5.74) is -0.855. The summed E-state index contributed by atoms with van der Waals surface area (Å²) in [7, 11) is 0. The SMILES string of the molecule is CCC1CCCCN1C(=O)/C=C(/c1ccccc1)C(F)(F)F. The molecule has 2 nitrogen and oxygen atoms in total.